The number of halogens is 1. The summed E-state index contributed by atoms with van der Waals surface area (Å²) >= 11 is 0. The van der Waals surface area contributed by atoms with Crippen molar-refractivity contribution < 1.29 is 22.3 Å². The lowest BCUT2D eigenvalue weighted by Crippen LogP contribution is -2.17. The SMILES string of the molecule is COC(=O)Cn1c(C)c(Cc2cccnc2S(=O)(=O)Nc2ccccc2)c2cc(F)ccc21. The number of rotatable bonds is 7. The molecule has 2 aromatic heterocycles. The number of carbonyl (C=O) groups is 1. The molecule has 0 saturated carbocycles. The Morgan fingerprint density at radius 2 is 1.88 bits per heavy atom. The highest BCUT2D eigenvalue weighted by atomic mass is 32.2. The van der Waals surface area contributed by atoms with Gasteiger partial charge >= 0.3 is 5.97 Å². The molecule has 0 aliphatic carbocycles. The van der Waals surface area contributed by atoms with Gasteiger partial charge in [-0.25, -0.2) is 9.37 Å². The van der Waals surface area contributed by atoms with Crippen LogP contribution in [0.1, 0.15) is 16.8 Å². The first-order valence-corrected chi connectivity index (χ1v) is 11.6. The van der Waals surface area contributed by atoms with Gasteiger partial charge in [-0.05, 0) is 54.4 Å². The smallest absolute Gasteiger partial charge is 0.325 e. The molecule has 4 aromatic rings. The van der Waals surface area contributed by atoms with Crippen LogP contribution < -0.4 is 4.72 Å². The molecule has 0 saturated heterocycles. The number of nitrogens with zero attached hydrogens (tertiary/aromatic N) is 2. The van der Waals surface area contributed by atoms with Crippen LogP contribution in [0.5, 0.6) is 0 Å². The van der Waals surface area contributed by atoms with Gasteiger partial charge in [-0.2, -0.15) is 8.42 Å². The third-order valence-corrected chi connectivity index (χ3v) is 6.81. The van der Waals surface area contributed by atoms with E-state index >= 15 is 0 Å². The zero-order chi connectivity index (χ0) is 23.6. The fourth-order valence-corrected chi connectivity index (χ4v) is 5.07. The molecule has 1 N–H and O–H groups in total. The van der Waals surface area contributed by atoms with Crippen LogP contribution in [0, 0.1) is 12.7 Å². The number of carbonyl (C=O) groups excluding carboxylic acids is 1. The first kappa shape index (κ1) is 22.5. The second-order valence-electron chi connectivity index (χ2n) is 7.50. The van der Waals surface area contributed by atoms with Crippen LogP contribution in [0.15, 0.2) is 71.9 Å². The minimum atomic E-state index is -3.97. The van der Waals surface area contributed by atoms with Gasteiger partial charge in [0.2, 0.25) is 0 Å². The second kappa shape index (κ2) is 9.03. The molecule has 2 heterocycles. The van der Waals surface area contributed by atoms with Crippen LogP contribution in [0.2, 0.25) is 0 Å². The average molecular weight is 468 g/mol. The summed E-state index contributed by atoms with van der Waals surface area (Å²) in [7, 11) is -2.67. The van der Waals surface area contributed by atoms with E-state index in [1.807, 2.05) is 6.92 Å². The molecule has 0 amide bonds. The molecule has 0 atom stereocenters. The van der Waals surface area contributed by atoms with Crippen molar-refractivity contribution >= 4 is 32.6 Å². The van der Waals surface area contributed by atoms with Gasteiger partial charge in [0.1, 0.15) is 12.4 Å². The van der Waals surface area contributed by atoms with Gasteiger partial charge in [-0.3, -0.25) is 9.52 Å². The Morgan fingerprint density at radius 1 is 1.12 bits per heavy atom. The highest BCUT2D eigenvalue weighted by Gasteiger charge is 2.23. The van der Waals surface area contributed by atoms with Crippen molar-refractivity contribution in [2.24, 2.45) is 0 Å². The van der Waals surface area contributed by atoms with Crippen LogP contribution in [-0.2, 0) is 32.5 Å². The van der Waals surface area contributed by atoms with Gasteiger partial charge < -0.3 is 9.30 Å². The Bertz CT molecular complexity index is 1430. The third-order valence-electron chi connectivity index (χ3n) is 5.43. The molecule has 0 unspecified atom stereocenters. The number of hydrogen-bond acceptors (Lipinski definition) is 5. The standard InChI is InChI=1S/C24H22FN3O4S/c1-16-20(21-14-18(25)10-11-22(21)28(16)15-23(29)32-2)13-17-7-6-12-26-24(17)33(30,31)27-19-8-4-3-5-9-19/h3-12,14,27H,13,15H2,1-2H3. The van der Waals surface area contributed by atoms with Crippen LogP contribution in [0.3, 0.4) is 0 Å². The quantitative estimate of drug-likeness (QED) is 0.414. The molecular weight excluding hydrogens is 445 g/mol. The third kappa shape index (κ3) is 4.58. The summed E-state index contributed by atoms with van der Waals surface area (Å²) in [5.74, 6) is -0.869. The highest BCUT2D eigenvalue weighted by molar-refractivity contribution is 7.92. The lowest BCUT2D eigenvalue weighted by atomic mass is 10.0. The van der Waals surface area contributed by atoms with E-state index in [1.54, 1.807) is 53.1 Å². The van der Waals surface area contributed by atoms with E-state index < -0.39 is 21.8 Å². The average Bonchev–Trinajstić information content (AvgIpc) is 3.04. The van der Waals surface area contributed by atoms with Crippen molar-refractivity contribution in [3.63, 3.8) is 0 Å². The predicted octanol–water partition coefficient (Wildman–Crippen LogP) is 4.05. The van der Waals surface area contributed by atoms with E-state index in [4.69, 9.17) is 4.74 Å². The van der Waals surface area contributed by atoms with Gasteiger partial charge in [-0.1, -0.05) is 24.3 Å². The zero-order valence-electron chi connectivity index (χ0n) is 18.1. The Labute approximate surface area is 190 Å². The molecule has 0 aliphatic rings. The van der Waals surface area contributed by atoms with Gasteiger partial charge in [0.15, 0.2) is 5.03 Å². The number of aromatic nitrogens is 2. The lowest BCUT2D eigenvalue weighted by molar-refractivity contribution is -0.141. The van der Waals surface area contributed by atoms with E-state index in [9.17, 15) is 17.6 Å². The van der Waals surface area contributed by atoms with Crippen molar-refractivity contribution in [3.05, 3.63) is 89.5 Å². The molecule has 4 rings (SSSR count). The minimum absolute atomic E-state index is 0.0434. The number of ether oxygens (including phenoxy) is 1. The molecule has 0 bridgehead atoms. The molecule has 33 heavy (non-hydrogen) atoms. The molecule has 7 nitrogen and oxygen atoms in total. The number of benzene rings is 2. The Morgan fingerprint density at radius 3 is 2.61 bits per heavy atom. The number of anilines is 1. The van der Waals surface area contributed by atoms with E-state index in [0.717, 1.165) is 0 Å². The molecule has 170 valence electrons. The van der Waals surface area contributed by atoms with Crippen LogP contribution in [0.4, 0.5) is 10.1 Å². The number of sulfonamides is 1. The van der Waals surface area contributed by atoms with E-state index in [-0.39, 0.29) is 18.0 Å². The van der Waals surface area contributed by atoms with Crippen LogP contribution >= 0.6 is 0 Å². The molecule has 0 fully saturated rings. The molecule has 0 spiro atoms. The minimum Gasteiger partial charge on any atom is -0.468 e. The first-order chi connectivity index (χ1) is 15.8. The fourth-order valence-electron chi connectivity index (χ4n) is 3.85. The van der Waals surface area contributed by atoms with Crippen molar-refractivity contribution in [2.75, 3.05) is 11.8 Å². The lowest BCUT2D eigenvalue weighted by Gasteiger charge is -2.12. The van der Waals surface area contributed by atoms with Crippen molar-refractivity contribution in [2.45, 2.75) is 24.9 Å². The topological polar surface area (TPSA) is 90.3 Å². The number of para-hydroxylation sites is 1. The van der Waals surface area contributed by atoms with Crippen molar-refractivity contribution in [3.8, 4) is 0 Å². The summed E-state index contributed by atoms with van der Waals surface area (Å²) in [5.41, 5.74) is 2.94. The molecule has 0 aliphatic heterocycles. The Hall–Kier alpha value is -3.72. The summed E-state index contributed by atoms with van der Waals surface area (Å²) in [6.07, 6.45) is 1.59. The summed E-state index contributed by atoms with van der Waals surface area (Å²) in [4.78, 5) is 16.1. The maximum absolute atomic E-state index is 14.1. The zero-order valence-corrected chi connectivity index (χ0v) is 18.9. The van der Waals surface area contributed by atoms with Crippen molar-refractivity contribution in [1.29, 1.82) is 0 Å². The van der Waals surface area contributed by atoms with Crippen LogP contribution in [-0.4, -0.2) is 31.0 Å². The van der Waals surface area contributed by atoms with Crippen molar-refractivity contribution in [1.82, 2.24) is 9.55 Å². The maximum atomic E-state index is 14.1. The molecule has 0 radical (unpaired) electrons. The summed E-state index contributed by atoms with van der Waals surface area (Å²) in [5, 5.41) is 0.484. The number of fused-ring (bicyclic) bond motifs is 1. The summed E-state index contributed by atoms with van der Waals surface area (Å²) in [6.45, 7) is 1.77. The van der Waals surface area contributed by atoms with E-state index in [0.29, 0.717) is 33.4 Å². The highest BCUT2D eigenvalue weighted by Crippen LogP contribution is 2.30. The second-order valence-corrected chi connectivity index (χ2v) is 9.10. The van der Waals surface area contributed by atoms with Gasteiger partial charge in [0.25, 0.3) is 10.0 Å². The Balaban J connectivity index is 1.79. The molecule has 9 heteroatoms. The number of methoxy groups -OCH3 is 1. The largest absolute Gasteiger partial charge is 0.468 e. The number of hydrogen-bond donors (Lipinski definition) is 1. The fraction of sp³-hybridized carbons (Fsp3) is 0.167. The Kier molecular flexibility index (Phi) is 6.15. The van der Waals surface area contributed by atoms with Gasteiger partial charge in [0, 0.05) is 34.9 Å². The summed E-state index contributed by atoms with van der Waals surface area (Å²) < 4.78 is 49.4. The summed E-state index contributed by atoms with van der Waals surface area (Å²) in [6, 6.07) is 16.2. The van der Waals surface area contributed by atoms with Crippen LogP contribution in [0.25, 0.3) is 10.9 Å². The molecule has 2 aromatic carbocycles. The molecular formula is C24H22FN3O4S. The number of nitrogens with one attached hydrogen (secondary N) is 1. The van der Waals surface area contributed by atoms with Gasteiger partial charge in [0.05, 0.1) is 7.11 Å². The predicted molar refractivity (Wildman–Crippen MR) is 123 cm³/mol. The maximum Gasteiger partial charge on any atom is 0.325 e. The monoisotopic (exact) mass is 467 g/mol. The van der Waals surface area contributed by atoms with Gasteiger partial charge in [-0.15, -0.1) is 0 Å². The van der Waals surface area contributed by atoms with E-state index in [1.165, 1.54) is 25.4 Å². The number of esters is 1. The first-order valence-electron chi connectivity index (χ1n) is 10.2. The number of pyridine rings is 1. The normalized spacial score (nSPS) is 11.5. The van der Waals surface area contributed by atoms with E-state index in [2.05, 4.69) is 9.71 Å².